The lowest BCUT2D eigenvalue weighted by Gasteiger charge is -2.06. The van der Waals surface area contributed by atoms with Gasteiger partial charge in [0.25, 0.3) is 0 Å². The number of aliphatic imine (C=N–C) groups is 1. The lowest BCUT2D eigenvalue weighted by atomic mass is 10.1. The van der Waals surface area contributed by atoms with Crippen molar-refractivity contribution in [3.63, 3.8) is 0 Å². The van der Waals surface area contributed by atoms with E-state index in [1.165, 1.54) is 0 Å². The fraction of sp³-hybridized carbons (Fsp3) is 0.333. The Morgan fingerprint density at radius 2 is 2.10 bits per heavy atom. The van der Waals surface area contributed by atoms with E-state index in [0.717, 1.165) is 17.1 Å². The SMILES string of the molecule is COc1ccc(NC(N)=NCc2cc(C(C)C)no2)cc1. The number of ether oxygens (including phenoxy) is 1. The predicted molar refractivity (Wildman–Crippen MR) is 82.5 cm³/mol. The molecule has 0 amide bonds. The molecule has 0 radical (unpaired) electrons. The van der Waals surface area contributed by atoms with Crippen molar-refractivity contribution in [3.05, 3.63) is 41.8 Å². The standard InChI is InChI=1S/C15H20N4O2/c1-10(2)14-8-13(21-19-14)9-17-15(16)18-11-4-6-12(20-3)7-5-11/h4-8,10H,9H2,1-3H3,(H3,16,17,18). The van der Waals surface area contributed by atoms with Gasteiger partial charge in [0.15, 0.2) is 11.7 Å². The number of benzene rings is 1. The fourth-order valence-corrected chi connectivity index (χ4v) is 1.70. The zero-order valence-electron chi connectivity index (χ0n) is 12.5. The van der Waals surface area contributed by atoms with Crippen LogP contribution in [0.15, 0.2) is 39.8 Å². The summed E-state index contributed by atoms with van der Waals surface area (Å²) in [5.41, 5.74) is 7.60. The summed E-state index contributed by atoms with van der Waals surface area (Å²) in [6.07, 6.45) is 0. The highest BCUT2D eigenvalue weighted by molar-refractivity contribution is 5.92. The molecule has 0 aliphatic heterocycles. The predicted octanol–water partition coefficient (Wildman–Crippen LogP) is 2.73. The number of rotatable bonds is 5. The van der Waals surface area contributed by atoms with Gasteiger partial charge in [-0.05, 0) is 30.2 Å². The highest BCUT2D eigenvalue weighted by Crippen LogP contribution is 2.16. The maximum absolute atomic E-state index is 5.84. The van der Waals surface area contributed by atoms with E-state index in [9.17, 15) is 0 Å². The molecule has 0 bridgehead atoms. The number of methoxy groups -OCH3 is 1. The van der Waals surface area contributed by atoms with Crippen LogP contribution in [0.5, 0.6) is 5.75 Å². The average molecular weight is 288 g/mol. The number of nitrogens with zero attached hydrogens (tertiary/aromatic N) is 2. The van der Waals surface area contributed by atoms with Crippen molar-refractivity contribution in [2.45, 2.75) is 26.3 Å². The molecule has 0 aliphatic rings. The zero-order chi connectivity index (χ0) is 15.2. The molecule has 0 unspecified atom stereocenters. The second kappa shape index (κ2) is 6.78. The van der Waals surface area contributed by atoms with Gasteiger partial charge in [-0.1, -0.05) is 19.0 Å². The molecule has 1 aromatic heterocycles. The Labute approximate surface area is 124 Å². The number of hydrogen-bond donors (Lipinski definition) is 2. The van der Waals surface area contributed by atoms with Crippen LogP contribution in [0, 0.1) is 0 Å². The molecule has 0 aliphatic carbocycles. The number of nitrogens with two attached hydrogens (primary N) is 1. The lowest BCUT2D eigenvalue weighted by Crippen LogP contribution is -2.22. The molecular weight excluding hydrogens is 268 g/mol. The molecule has 0 saturated heterocycles. The van der Waals surface area contributed by atoms with E-state index >= 15 is 0 Å². The molecule has 0 atom stereocenters. The van der Waals surface area contributed by atoms with Crippen LogP contribution in [0.3, 0.4) is 0 Å². The van der Waals surface area contributed by atoms with Crippen LogP contribution in [0.2, 0.25) is 0 Å². The van der Waals surface area contributed by atoms with Crippen LogP contribution in [-0.4, -0.2) is 18.2 Å². The molecular formula is C15H20N4O2. The minimum atomic E-state index is 0.322. The quantitative estimate of drug-likeness (QED) is 0.652. The van der Waals surface area contributed by atoms with Gasteiger partial charge in [0.05, 0.1) is 12.8 Å². The average Bonchev–Trinajstić information content (AvgIpc) is 2.95. The minimum Gasteiger partial charge on any atom is -0.497 e. The van der Waals surface area contributed by atoms with Gasteiger partial charge in [-0.25, -0.2) is 4.99 Å². The van der Waals surface area contributed by atoms with E-state index in [-0.39, 0.29) is 0 Å². The Hall–Kier alpha value is -2.50. The number of guanidine groups is 1. The van der Waals surface area contributed by atoms with Gasteiger partial charge in [0.2, 0.25) is 0 Å². The third-order valence-electron chi connectivity index (χ3n) is 2.94. The van der Waals surface area contributed by atoms with Gasteiger partial charge in [-0.2, -0.15) is 0 Å². The first-order valence-corrected chi connectivity index (χ1v) is 6.75. The molecule has 6 heteroatoms. The third-order valence-corrected chi connectivity index (χ3v) is 2.94. The first-order valence-electron chi connectivity index (χ1n) is 6.75. The van der Waals surface area contributed by atoms with Crippen molar-refractivity contribution >= 4 is 11.6 Å². The van der Waals surface area contributed by atoms with Crippen molar-refractivity contribution < 1.29 is 9.26 Å². The summed E-state index contributed by atoms with van der Waals surface area (Å²) in [6.45, 7) is 4.48. The monoisotopic (exact) mass is 288 g/mol. The molecule has 112 valence electrons. The van der Waals surface area contributed by atoms with Crippen molar-refractivity contribution in [1.82, 2.24) is 5.16 Å². The molecule has 0 saturated carbocycles. The molecule has 2 aromatic rings. The maximum Gasteiger partial charge on any atom is 0.193 e. The number of aromatic nitrogens is 1. The van der Waals surface area contributed by atoms with Gasteiger partial charge in [0.1, 0.15) is 12.3 Å². The molecule has 21 heavy (non-hydrogen) atoms. The van der Waals surface area contributed by atoms with Crippen molar-refractivity contribution in [3.8, 4) is 5.75 Å². The summed E-state index contributed by atoms with van der Waals surface area (Å²) < 4.78 is 10.3. The van der Waals surface area contributed by atoms with Crippen molar-refractivity contribution in [1.29, 1.82) is 0 Å². The summed E-state index contributed by atoms with van der Waals surface area (Å²) in [5.74, 6) is 2.14. The van der Waals surface area contributed by atoms with Crippen LogP contribution in [0.25, 0.3) is 0 Å². The summed E-state index contributed by atoms with van der Waals surface area (Å²) in [6, 6.07) is 9.33. The third kappa shape index (κ3) is 4.24. The van der Waals surface area contributed by atoms with E-state index in [0.29, 0.717) is 24.2 Å². The van der Waals surface area contributed by atoms with Crippen molar-refractivity contribution in [2.75, 3.05) is 12.4 Å². The Bertz CT molecular complexity index is 602. The Kier molecular flexibility index (Phi) is 4.81. The first kappa shape index (κ1) is 14.9. The summed E-state index contributed by atoms with van der Waals surface area (Å²) in [7, 11) is 1.63. The number of nitrogens with one attached hydrogen (secondary N) is 1. The fourth-order valence-electron chi connectivity index (χ4n) is 1.70. The molecule has 6 nitrogen and oxygen atoms in total. The van der Waals surface area contributed by atoms with Crippen LogP contribution in [0.1, 0.15) is 31.2 Å². The summed E-state index contributed by atoms with van der Waals surface area (Å²) in [5, 5.41) is 6.98. The van der Waals surface area contributed by atoms with Gasteiger partial charge in [-0.15, -0.1) is 0 Å². The lowest BCUT2D eigenvalue weighted by molar-refractivity contribution is 0.376. The summed E-state index contributed by atoms with van der Waals surface area (Å²) in [4.78, 5) is 4.22. The summed E-state index contributed by atoms with van der Waals surface area (Å²) >= 11 is 0. The molecule has 3 N–H and O–H groups in total. The van der Waals surface area contributed by atoms with E-state index in [1.54, 1.807) is 7.11 Å². The van der Waals surface area contributed by atoms with Gasteiger partial charge in [-0.3, -0.25) is 0 Å². The first-order chi connectivity index (χ1) is 10.1. The van der Waals surface area contributed by atoms with E-state index < -0.39 is 0 Å². The Morgan fingerprint density at radius 1 is 1.38 bits per heavy atom. The van der Waals surface area contributed by atoms with E-state index in [1.807, 2.05) is 30.3 Å². The molecule has 1 aromatic carbocycles. The highest BCUT2D eigenvalue weighted by Gasteiger charge is 2.07. The van der Waals surface area contributed by atoms with Crippen LogP contribution < -0.4 is 15.8 Å². The van der Waals surface area contributed by atoms with E-state index in [4.69, 9.17) is 15.0 Å². The van der Waals surface area contributed by atoms with Gasteiger partial charge >= 0.3 is 0 Å². The number of hydrogen-bond acceptors (Lipinski definition) is 4. The molecule has 0 fully saturated rings. The van der Waals surface area contributed by atoms with E-state index in [2.05, 4.69) is 29.3 Å². The topological polar surface area (TPSA) is 85.7 Å². The second-order valence-corrected chi connectivity index (χ2v) is 4.93. The number of anilines is 1. The molecule has 1 heterocycles. The minimum absolute atomic E-state index is 0.322. The normalized spacial score (nSPS) is 11.7. The second-order valence-electron chi connectivity index (χ2n) is 4.93. The highest BCUT2D eigenvalue weighted by atomic mass is 16.5. The van der Waals surface area contributed by atoms with Gasteiger partial charge < -0.3 is 20.3 Å². The van der Waals surface area contributed by atoms with Crippen LogP contribution in [-0.2, 0) is 6.54 Å². The van der Waals surface area contributed by atoms with Crippen molar-refractivity contribution in [2.24, 2.45) is 10.7 Å². The maximum atomic E-state index is 5.84. The van der Waals surface area contributed by atoms with Crippen LogP contribution >= 0.6 is 0 Å². The zero-order valence-corrected chi connectivity index (χ0v) is 12.5. The Balaban J connectivity index is 1.93. The molecule has 0 spiro atoms. The van der Waals surface area contributed by atoms with Crippen LogP contribution in [0.4, 0.5) is 5.69 Å². The largest absolute Gasteiger partial charge is 0.497 e. The van der Waals surface area contributed by atoms with Gasteiger partial charge in [0, 0.05) is 11.8 Å². The molecule has 2 rings (SSSR count). The Morgan fingerprint density at radius 3 is 2.67 bits per heavy atom. The smallest absolute Gasteiger partial charge is 0.193 e.